The van der Waals surface area contributed by atoms with Gasteiger partial charge in [-0.05, 0) is 47.9 Å². The van der Waals surface area contributed by atoms with Crippen molar-refractivity contribution in [3.8, 4) is 0 Å². The number of nitrogens with one attached hydrogen (secondary N) is 1. The van der Waals surface area contributed by atoms with Gasteiger partial charge in [0.1, 0.15) is 0 Å². The minimum absolute atomic E-state index is 0.0779. The number of rotatable bonds is 7. The van der Waals surface area contributed by atoms with Gasteiger partial charge in [0.05, 0.1) is 27.5 Å². The fourth-order valence-electron chi connectivity index (χ4n) is 3.10. The van der Waals surface area contributed by atoms with Crippen molar-refractivity contribution in [2.45, 2.75) is 11.4 Å². The van der Waals surface area contributed by atoms with E-state index >= 15 is 0 Å². The molecule has 4 aromatic rings. The topological polar surface area (TPSA) is 105 Å². The van der Waals surface area contributed by atoms with Crippen LogP contribution in [0.3, 0.4) is 0 Å². The number of hydrogen-bond acceptors (Lipinski definition) is 7. The number of carbonyl (C=O) groups is 1. The Morgan fingerprint density at radius 2 is 2.00 bits per heavy atom. The SMILES string of the molecule is CN(CCc1ccccn1)C(=O)c1ccc(Cl)cc1NS(=O)(=O)c1nccc2sncc12. The summed E-state index contributed by atoms with van der Waals surface area (Å²) in [6.07, 6.45) is 5.12. The molecule has 0 spiro atoms. The first-order valence-electron chi connectivity index (χ1n) is 9.52. The molecule has 0 aliphatic heterocycles. The zero-order chi connectivity index (χ0) is 22.7. The molecule has 0 radical (unpaired) electrons. The Morgan fingerprint density at radius 3 is 2.78 bits per heavy atom. The van der Waals surface area contributed by atoms with E-state index in [1.807, 2.05) is 18.2 Å². The van der Waals surface area contributed by atoms with Gasteiger partial charge in [0.25, 0.3) is 15.9 Å². The Balaban J connectivity index is 1.60. The summed E-state index contributed by atoms with van der Waals surface area (Å²) in [5, 5.41) is 0.539. The van der Waals surface area contributed by atoms with Crippen LogP contribution in [0.4, 0.5) is 5.69 Å². The van der Waals surface area contributed by atoms with Gasteiger partial charge in [-0.2, -0.15) is 12.8 Å². The number of sulfonamides is 1. The molecule has 3 aromatic heterocycles. The van der Waals surface area contributed by atoms with Crippen molar-refractivity contribution in [1.29, 1.82) is 0 Å². The van der Waals surface area contributed by atoms with Crippen LogP contribution in [0.1, 0.15) is 16.1 Å². The van der Waals surface area contributed by atoms with Gasteiger partial charge in [-0.15, -0.1) is 0 Å². The lowest BCUT2D eigenvalue weighted by Gasteiger charge is -2.19. The van der Waals surface area contributed by atoms with Crippen molar-refractivity contribution in [2.24, 2.45) is 0 Å². The van der Waals surface area contributed by atoms with E-state index in [4.69, 9.17) is 11.6 Å². The molecular weight excluding hydrogens is 470 g/mol. The highest BCUT2D eigenvalue weighted by Gasteiger charge is 2.24. The van der Waals surface area contributed by atoms with Crippen LogP contribution in [0.5, 0.6) is 0 Å². The number of fused-ring (bicyclic) bond motifs is 1. The van der Waals surface area contributed by atoms with Crippen molar-refractivity contribution < 1.29 is 13.2 Å². The summed E-state index contributed by atoms with van der Waals surface area (Å²) in [6.45, 7) is 0.409. The lowest BCUT2D eigenvalue weighted by atomic mass is 10.1. The number of nitrogens with zero attached hydrogens (tertiary/aromatic N) is 4. The molecule has 8 nitrogen and oxygen atoms in total. The van der Waals surface area contributed by atoms with Gasteiger partial charge in [-0.1, -0.05) is 17.7 Å². The largest absolute Gasteiger partial charge is 0.341 e. The molecule has 32 heavy (non-hydrogen) atoms. The molecule has 4 rings (SSSR count). The van der Waals surface area contributed by atoms with Crippen molar-refractivity contribution in [1.82, 2.24) is 19.2 Å². The first-order valence-corrected chi connectivity index (χ1v) is 12.2. The van der Waals surface area contributed by atoms with Crippen LogP contribution in [0.2, 0.25) is 5.02 Å². The molecule has 1 N–H and O–H groups in total. The van der Waals surface area contributed by atoms with Crippen LogP contribution < -0.4 is 4.72 Å². The number of amides is 1. The zero-order valence-corrected chi connectivity index (χ0v) is 19.3. The molecule has 0 aliphatic carbocycles. The second kappa shape index (κ2) is 9.19. The average molecular weight is 488 g/mol. The maximum absolute atomic E-state index is 13.1. The van der Waals surface area contributed by atoms with Gasteiger partial charge in [0.2, 0.25) is 0 Å². The maximum atomic E-state index is 13.1. The monoisotopic (exact) mass is 487 g/mol. The highest BCUT2D eigenvalue weighted by atomic mass is 35.5. The van der Waals surface area contributed by atoms with Gasteiger partial charge in [-0.25, -0.2) is 4.98 Å². The van der Waals surface area contributed by atoms with Crippen molar-refractivity contribution in [3.05, 3.63) is 77.3 Å². The standard InChI is InChI=1S/C21H18ClN5O3S2/c1-27(11-8-15-4-2-3-9-23-15)21(28)16-6-5-14(22)12-18(16)26-32(29,30)20-17-13-25-31-19(17)7-10-24-20/h2-7,9-10,12-13,26H,8,11H2,1H3. The Bertz CT molecular complexity index is 1380. The van der Waals surface area contributed by atoms with E-state index in [0.29, 0.717) is 28.1 Å². The molecule has 3 heterocycles. The molecule has 0 bridgehead atoms. The van der Waals surface area contributed by atoms with E-state index in [1.165, 1.54) is 41.0 Å². The lowest BCUT2D eigenvalue weighted by Crippen LogP contribution is -2.30. The predicted molar refractivity (Wildman–Crippen MR) is 125 cm³/mol. The van der Waals surface area contributed by atoms with Crippen molar-refractivity contribution >= 4 is 54.8 Å². The number of carbonyl (C=O) groups excluding carboxylic acids is 1. The van der Waals surface area contributed by atoms with Gasteiger partial charge < -0.3 is 4.90 Å². The van der Waals surface area contributed by atoms with E-state index in [9.17, 15) is 13.2 Å². The molecule has 0 unspecified atom stereocenters. The second-order valence-electron chi connectivity index (χ2n) is 6.95. The second-order valence-corrected chi connectivity index (χ2v) is 9.81. The van der Waals surface area contributed by atoms with E-state index < -0.39 is 10.0 Å². The molecule has 0 saturated heterocycles. The van der Waals surface area contributed by atoms with Crippen molar-refractivity contribution in [2.75, 3.05) is 18.3 Å². The number of aromatic nitrogens is 3. The van der Waals surface area contributed by atoms with Gasteiger partial charge >= 0.3 is 0 Å². The molecule has 0 aliphatic rings. The normalized spacial score (nSPS) is 11.4. The fraction of sp³-hybridized carbons (Fsp3) is 0.143. The smallest absolute Gasteiger partial charge is 0.280 e. The van der Waals surface area contributed by atoms with Crippen molar-refractivity contribution in [3.63, 3.8) is 0 Å². The highest BCUT2D eigenvalue weighted by molar-refractivity contribution is 7.92. The Kier molecular flexibility index (Phi) is 6.35. The van der Waals surface area contributed by atoms with Crippen LogP contribution in [-0.4, -0.2) is 47.2 Å². The number of anilines is 1. The van der Waals surface area contributed by atoms with E-state index in [2.05, 4.69) is 19.1 Å². The van der Waals surface area contributed by atoms with Crippen LogP contribution in [0, 0.1) is 0 Å². The van der Waals surface area contributed by atoms with Gasteiger partial charge in [0, 0.05) is 43.1 Å². The third kappa shape index (κ3) is 4.72. The zero-order valence-electron chi connectivity index (χ0n) is 16.9. The number of pyridine rings is 2. The van der Waals surface area contributed by atoms with Gasteiger partial charge in [0.15, 0.2) is 5.03 Å². The van der Waals surface area contributed by atoms with Crippen LogP contribution in [-0.2, 0) is 16.4 Å². The van der Waals surface area contributed by atoms with Crippen LogP contribution in [0.25, 0.3) is 10.1 Å². The minimum atomic E-state index is -4.10. The Morgan fingerprint density at radius 1 is 1.16 bits per heavy atom. The first kappa shape index (κ1) is 22.1. The van der Waals surface area contributed by atoms with E-state index in [0.717, 1.165) is 5.69 Å². The molecule has 0 atom stereocenters. The summed E-state index contributed by atoms with van der Waals surface area (Å²) in [5.41, 5.74) is 1.11. The quantitative estimate of drug-likeness (QED) is 0.424. The molecule has 164 valence electrons. The highest BCUT2D eigenvalue weighted by Crippen LogP contribution is 2.28. The summed E-state index contributed by atoms with van der Waals surface area (Å²) >= 11 is 7.28. The molecule has 0 saturated carbocycles. The summed E-state index contributed by atoms with van der Waals surface area (Å²) < 4.78 is 33.4. The number of benzene rings is 1. The number of likely N-dealkylation sites (N-methyl/N-ethyl adjacent to an activating group) is 1. The number of halogens is 1. The molecule has 1 aromatic carbocycles. The van der Waals surface area contributed by atoms with Gasteiger partial charge in [-0.3, -0.25) is 14.5 Å². The van der Waals surface area contributed by atoms with E-state index in [1.54, 1.807) is 25.4 Å². The third-order valence-electron chi connectivity index (χ3n) is 4.73. The molecular formula is C21H18ClN5O3S2. The number of hydrogen-bond donors (Lipinski definition) is 1. The summed E-state index contributed by atoms with van der Waals surface area (Å²) in [7, 11) is -2.45. The summed E-state index contributed by atoms with van der Waals surface area (Å²) in [5.74, 6) is -0.348. The van der Waals surface area contributed by atoms with Crippen LogP contribution in [0.15, 0.2) is 66.1 Å². The summed E-state index contributed by atoms with van der Waals surface area (Å²) in [6, 6.07) is 11.7. The third-order valence-corrected chi connectivity index (χ3v) is 7.06. The van der Waals surface area contributed by atoms with Crippen LogP contribution >= 0.6 is 23.1 Å². The van der Waals surface area contributed by atoms with E-state index in [-0.39, 0.29) is 22.2 Å². The summed E-state index contributed by atoms with van der Waals surface area (Å²) in [4.78, 5) is 22.9. The fourth-order valence-corrected chi connectivity index (χ4v) is 5.19. The predicted octanol–water partition coefficient (Wildman–Crippen LogP) is 3.86. The average Bonchev–Trinajstić information content (AvgIpc) is 3.26. The molecule has 0 fully saturated rings. The Labute approximate surface area is 194 Å². The molecule has 1 amide bonds. The molecule has 11 heteroatoms. The lowest BCUT2D eigenvalue weighted by molar-refractivity contribution is 0.0797. The first-order chi connectivity index (χ1) is 15.3. The Hall–Kier alpha value is -3.08. The minimum Gasteiger partial charge on any atom is -0.341 e. The maximum Gasteiger partial charge on any atom is 0.280 e.